The second-order valence-corrected chi connectivity index (χ2v) is 8.50. The highest BCUT2D eigenvalue weighted by atomic mass is 32.1. The number of thiazole rings is 1. The van der Waals surface area contributed by atoms with Gasteiger partial charge in [-0.25, -0.2) is 4.98 Å². The minimum atomic E-state index is -0.707. The normalized spacial score (nSPS) is 25.4. The Labute approximate surface area is 151 Å². The molecule has 0 spiro atoms. The lowest BCUT2D eigenvalue weighted by atomic mass is 9.98. The molecule has 0 radical (unpaired) electrons. The van der Waals surface area contributed by atoms with E-state index < -0.39 is 5.54 Å². The summed E-state index contributed by atoms with van der Waals surface area (Å²) in [4.78, 5) is 18.6. The third-order valence-corrected chi connectivity index (χ3v) is 6.65. The number of benzene rings is 1. The van der Waals surface area contributed by atoms with Crippen LogP contribution in [0.3, 0.4) is 0 Å². The number of hydrogen-bond acceptors (Lipinski definition) is 4. The molecule has 2 aliphatic rings. The van der Waals surface area contributed by atoms with Crippen molar-refractivity contribution in [3.63, 3.8) is 0 Å². The average molecular weight is 355 g/mol. The molecule has 1 saturated carbocycles. The minimum Gasteiger partial charge on any atom is -0.333 e. The van der Waals surface area contributed by atoms with E-state index >= 15 is 0 Å². The summed E-state index contributed by atoms with van der Waals surface area (Å²) in [6.07, 6.45) is 4.26. The number of carbonyl (C=O) groups excluding carboxylic acids is 1. The third kappa shape index (κ3) is 3.26. The number of quaternary nitrogens is 1. The summed E-state index contributed by atoms with van der Waals surface area (Å²) in [6.45, 7) is 3.26. The fourth-order valence-corrected chi connectivity index (χ4v) is 5.04. The standard InChI is InChI=1S/C19H22N4OS/c1-19(12-20,13-8-9-13)22-17(24)11-23-10-4-6-15(23)18-21-14-5-2-3-7-16(14)25-18/h2-3,5,7,13,15H,4,6,8-11H2,1H3,(H,22,24)/p+1/t15-,19-/m1/s1. The lowest BCUT2D eigenvalue weighted by molar-refractivity contribution is -0.910. The Morgan fingerprint density at radius 2 is 2.24 bits per heavy atom. The predicted molar refractivity (Wildman–Crippen MR) is 97.2 cm³/mol. The van der Waals surface area contributed by atoms with Gasteiger partial charge in [0.05, 0.1) is 22.8 Å². The summed E-state index contributed by atoms with van der Waals surface area (Å²) in [5.41, 5.74) is 0.339. The molecule has 3 atom stereocenters. The van der Waals surface area contributed by atoms with Crippen molar-refractivity contribution in [1.82, 2.24) is 10.3 Å². The number of amides is 1. The second-order valence-electron chi connectivity index (χ2n) is 7.44. The Morgan fingerprint density at radius 1 is 1.44 bits per heavy atom. The topological polar surface area (TPSA) is 70.2 Å². The van der Waals surface area contributed by atoms with Crippen LogP contribution in [0.4, 0.5) is 0 Å². The molecular formula is C19H23N4OS+. The highest BCUT2D eigenvalue weighted by Crippen LogP contribution is 2.39. The Hall–Kier alpha value is -1.97. The van der Waals surface area contributed by atoms with Crippen molar-refractivity contribution >= 4 is 27.5 Å². The van der Waals surface area contributed by atoms with Crippen LogP contribution >= 0.6 is 11.3 Å². The van der Waals surface area contributed by atoms with E-state index in [1.165, 1.54) is 9.60 Å². The summed E-state index contributed by atoms with van der Waals surface area (Å²) < 4.78 is 1.21. The number of nitrogens with zero attached hydrogens (tertiary/aromatic N) is 2. The SMILES string of the molecule is C[C@](C#N)(NC(=O)C[NH+]1CCC[C@@H]1c1nc2ccccc2s1)C1CC1. The molecule has 1 unspecified atom stereocenters. The molecule has 130 valence electrons. The van der Waals surface area contributed by atoms with Crippen molar-refractivity contribution in [2.24, 2.45) is 5.92 Å². The van der Waals surface area contributed by atoms with Crippen molar-refractivity contribution in [2.45, 2.75) is 44.2 Å². The molecule has 1 aliphatic carbocycles. The van der Waals surface area contributed by atoms with Crippen molar-refractivity contribution in [1.29, 1.82) is 5.26 Å². The van der Waals surface area contributed by atoms with Gasteiger partial charge in [0.1, 0.15) is 11.6 Å². The van der Waals surface area contributed by atoms with Gasteiger partial charge in [-0.1, -0.05) is 12.1 Å². The zero-order chi connectivity index (χ0) is 17.4. The highest BCUT2D eigenvalue weighted by Gasteiger charge is 2.44. The summed E-state index contributed by atoms with van der Waals surface area (Å²) in [6, 6.07) is 10.8. The zero-order valence-corrected chi connectivity index (χ0v) is 15.2. The van der Waals surface area contributed by atoms with Gasteiger partial charge in [-0.3, -0.25) is 4.79 Å². The van der Waals surface area contributed by atoms with Gasteiger partial charge in [0, 0.05) is 12.8 Å². The molecule has 1 amide bonds. The van der Waals surface area contributed by atoms with E-state index in [4.69, 9.17) is 4.98 Å². The molecular weight excluding hydrogens is 332 g/mol. The maximum absolute atomic E-state index is 12.6. The molecule has 5 nitrogen and oxygen atoms in total. The van der Waals surface area contributed by atoms with Gasteiger partial charge in [-0.15, -0.1) is 11.3 Å². The number of para-hydroxylation sites is 1. The highest BCUT2D eigenvalue weighted by molar-refractivity contribution is 7.18. The molecule has 1 aromatic heterocycles. The van der Waals surface area contributed by atoms with Crippen LogP contribution in [0.5, 0.6) is 0 Å². The molecule has 2 heterocycles. The molecule has 2 N–H and O–H groups in total. The van der Waals surface area contributed by atoms with E-state index in [2.05, 4.69) is 17.5 Å². The second kappa shape index (κ2) is 6.40. The van der Waals surface area contributed by atoms with Crippen molar-refractivity contribution in [2.75, 3.05) is 13.1 Å². The molecule has 1 aliphatic heterocycles. The average Bonchev–Trinajstić information content (AvgIpc) is 3.23. The van der Waals surface area contributed by atoms with Gasteiger partial charge >= 0.3 is 0 Å². The van der Waals surface area contributed by atoms with Gasteiger partial charge in [-0.05, 0) is 37.8 Å². The number of nitriles is 1. The Balaban J connectivity index is 1.46. The Kier molecular flexibility index (Phi) is 4.22. The van der Waals surface area contributed by atoms with Crippen LogP contribution in [0.25, 0.3) is 10.2 Å². The van der Waals surface area contributed by atoms with Crippen LogP contribution in [0.15, 0.2) is 24.3 Å². The van der Waals surface area contributed by atoms with E-state index in [0.717, 1.165) is 42.8 Å². The summed E-state index contributed by atoms with van der Waals surface area (Å²) in [5, 5.41) is 13.6. The molecule has 1 saturated heterocycles. The molecule has 0 bridgehead atoms. The minimum absolute atomic E-state index is 0.0149. The fourth-order valence-electron chi connectivity index (χ4n) is 3.88. The van der Waals surface area contributed by atoms with Crippen LogP contribution < -0.4 is 10.2 Å². The quantitative estimate of drug-likeness (QED) is 0.860. The maximum Gasteiger partial charge on any atom is 0.276 e. The molecule has 4 rings (SSSR count). The van der Waals surface area contributed by atoms with Crippen LogP contribution in [-0.2, 0) is 4.79 Å². The third-order valence-electron chi connectivity index (χ3n) is 5.50. The first-order valence-electron chi connectivity index (χ1n) is 9.01. The maximum atomic E-state index is 12.6. The monoisotopic (exact) mass is 355 g/mol. The van der Waals surface area contributed by atoms with Crippen LogP contribution in [0.2, 0.25) is 0 Å². The van der Waals surface area contributed by atoms with Gasteiger partial charge in [0.2, 0.25) is 0 Å². The number of rotatable bonds is 5. The molecule has 25 heavy (non-hydrogen) atoms. The van der Waals surface area contributed by atoms with Crippen LogP contribution in [0, 0.1) is 17.2 Å². The largest absolute Gasteiger partial charge is 0.333 e. The van der Waals surface area contributed by atoms with Gasteiger partial charge in [0.25, 0.3) is 5.91 Å². The van der Waals surface area contributed by atoms with Crippen LogP contribution in [0.1, 0.15) is 43.7 Å². The molecule has 2 aromatic rings. The zero-order valence-electron chi connectivity index (χ0n) is 14.4. The number of carbonyl (C=O) groups is 1. The fraction of sp³-hybridized carbons (Fsp3) is 0.526. The summed E-state index contributed by atoms with van der Waals surface area (Å²) in [7, 11) is 0. The number of hydrogen-bond donors (Lipinski definition) is 2. The van der Waals surface area contributed by atoms with Crippen molar-refractivity contribution < 1.29 is 9.69 Å². The molecule has 2 fully saturated rings. The van der Waals surface area contributed by atoms with E-state index in [-0.39, 0.29) is 11.9 Å². The molecule has 6 heteroatoms. The number of fused-ring (bicyclic) bond motifs is 1. The summed E-state index contributed by atoms with van der Waals surface area (Å²) in [5.74, 6) is 0.300. The van der Waals surface area contributed by atoms with Gasteiger partial charge < -0.3 is 10.2 Å². The number of likely N-dealkylation sites (tertiary alicyclic amines) is 1. The van der Waals surface area contributed by atoms with E-state index in [1.54, 1.807) is 11.3 Å². The van der Waals surface area contributed by atoms with Crippen LogP contribution in [-0.4, -0.2) is 29.5 Å². The number of aromatic nitrogens is 1. The first-order valence-corrected chi connectivity index (χ1v) is 9.83. The smallest absolute Gasteiger partial charge is 0.276 e. The van der Waals surface area contributed by atoms with E-state index in [9.17, 15) is 10.1 Å². The Morgan fingerprint density at radius 3 is 2.96 bits per heavy atom. The van der Waals surface area contributed by atoms with Crippen molar-refractivity contribution in [3.8, 4) is 6.07 Å². The first kappa shape index (κ1) is 16.5. The van der Waals surface area contributed by atoms with E-state index in [0.29, 0.717) is 12.5 Å². The lowest BCUT2D eigenvalue weighted by Gasteiger charge is -2.25. The lowest BCUT2D eigenvalue weighted by Crippen LogP contribution is -3.11. The van der Waals surface area contributed by atoms with E-state index in [1.807, 2.05) is 25.1 Å². The predicted octanol–water partition coefficient (Wildman–Crippen LogP) is 1.82. The summed E-state index contributed by atoms with van der Waals surface area (Å²) >= 11 is 1.74. The first-order chi connectivity index (χ1) is 12.1. The number of nitrogens with one attached hydrogen (secondary N) is 2. The molecule has 1 aromatic carbocycles. The van der Waals surface area contributed by atoms with Gasteiger partial charge in [-0.2, -0.15) is 5.26 Å². The van der Waals surface area contributed by atoms with Crippen molar-refractivity contribution in [3.05, 3.63) is 29.3 Å². The van der Waals surface area contributed by atoms with Gasteiger partial charge in [0.15, 0.2) is 11.6 Å². The Bertz CT molecular complexity index is 804.